The van der Waals surface area contributed by atoms with Gasteiger partial charge < -0.3 is 9.47 Å². The van der Waals surface area contributed by atoms with E-state index in [0.29, 0.717) is 19.1 Å². The molecule has 3 nitrogen and oxygen atoms in total. The van der Waals surface area contributed by atoms with E-state index in [-0.39, 0.29) is 11.4 Å². The van der Waals surface area contributed by atoms with Gasteiger partial charge in [-0.15, -0.1) is 0 Å². The Balaban J connectivity index is 2.67. The normalized spacial score (nSPS) is 21.1. The fourth-order valence-electron chi connectivity index (χ4n) is 1.21. The fraction of sp³-hybridized carbons (Fsp3) is 0.875. The molecular formula is C8H14O3. The molecule has 0 aliphatic carbocycles. The molecule has 0 aromatic rings. The molecule has 1 aliphatic rings. The van der Waals surface area contributed by atoms with Crippen LogP contribution in [0, 0.1) is 11.3 Å². The van der Waals surface area contributed by atoms with Crippen molar-refractivity contribution >= 4 is 5.97 Å². The minimum atomic E-state index is -0.352. The summed E-state index contributed by atoms with van der Waals surface area (Å²) in [6.45, 7) is 5.05. The van der Waals surface area contributed by atoms with Crippen LogP contribution in [0.2, 0.25) is 0 Å². The molecule has 0 spiro atoms. The van der Waals surface area contributed by atoms with Crippen LogP contribution in [0.1, 0.15) is 13.8 Å². The summed E-state index contributed by atoms with van der Waals surface area (Å²) in [6, 6.07) is 0. The Kier molecular flexibility index (Phi) is 2.18. The average Bonchev–Trinajstić information content (AvgIpc) is 1.84. The molecule has 0 aromatic heterocycles. The van der Waals surface area contributed by atoms with Crippen molar-refractivity contribution in [2.45, 2.75) is 13.8 Å². The topological polar surface area (TPSA) is 35.5 Å². The van der Waals surface area contributed by atoms with E-state index in [1.54, 1.807) is 0 Å². The van der Waals surface area contributed by atoms with Crippen LogP contribution in [0.3, 0.4) is 0 Å². The molecule has 1 saturated heterocycles. The van der Waals surface area contributed by atoms with Crippen LogP contribution >= 0.6 is 0 Å². The van der Waals surface area contributed by atoms with Gasteiger partial charge in [-0.05, 0) is 5.92 Å². The Hall–Kier alpha value is -0.570. The maximum Gasteiger partial charge on any atom is 0.316 e. The van der Waals surface area contributed by atoms with Crippen molar-refractivity contribution in [2.24, 2.45) is 11.3 Å². The zero-order valence-electron chi connectivity index (χ0n) is 7.22. The molecule has 11 heavy (non-hydrogen) atoms. The standard InChI is InChI=1S/C8H14O3/c1-6(2)8(4-11-5-8)7(9)10-3/h6H,4-5H2,1-3H3. The van der Waals surface area contributed by atoms with Crippen LogP contribution in [0.15, 0.2) is 0 Å². The van der Waals surface area contributed by atoms with Crippen LogP contribution in [-0.2, 0) is 14.3 Å². The minimum Gasteiger partial charge on any atom is -0.468 e. The van der Waals surface area contributed by atoms with Gasteiger partial charge in [0.15, 0.2) is 0 Å². The summed E-state index contributed by atoms with van der Waals surface area (Å²) in [6.07, 6.45) is 0. The highest BCUT2D eigenvalue weighted by Gasteiger charge is 2.49. The zero-order chi connectivity index (χ0) is 8.48. The summed E-state index contributed by atoms with van der Waals surface area (Å²) in [5.74, 6) is 0.155. The Morgan fingerprint density at radius 3 is 2.18 bits per heavy atom. The molecule has 1 heterocycles. The van der Waals surface area contributed by atoms with Crippen molar-refractivity contribution in [3.05, 3.63) is 0 Å². The van der Waals surface area contributed by atoms with Crippen molar-refractivity contribution in [2.75, 3.05) is 20.3 Å². The molecule has 0 N–H and O–H groups in total. The van der Waals surface area contributed by atoms with Gasteiger partial charge in [0.25, 0.3) is 0 Å². The number of hydrogen-bond acceptors (Lipinski definition) is 3. The second-order valence-corrected chi connectivity index (χ2v) is 3.30. The number of methoxy groups -OCH3 is 1. The van der Waals surface area contributed by atoms with Crippen LogP contribution in [0.25, 0.3) is 0 Å². The van der Waals surface area contributed by atoms with Gasteiger partial charge in [-0.3, -0.25) is 4.79 Å². The number of ether oxygens (including phenoxy) is 2. The zero-order valence-corrected chi connectivity index (χ0v) is 7.22. The lowest BCUT2D eigenvalue weighted by atomic mass is 9.75. The maximum absolute atomic E-state index is 11.3. The van der Waals surface area contributed by atoms with Gasteiger partial charge >= 0.3 is 5.97 Å². The summed E-state index contributed by atoms with van der Waals surface area (Å²) >= 11 is 0. The predicted octanol–water partition coefficient (Wildman–Crippen LogP) is 0.832. The third kappa shape index (κ3) is 1.13. The van der Waals surface area contributed by atoms with E-state index < -0.39 is 0 Å². The van der Waals surface area contributed by atoms with Crippen LogP contribution in [-0.4, -0.2) is 26.3 Å². The van der Waals surface area contributed by atoms with Crippen molar-refractivity contribution < 1.29 is 14.3 Å². The summed E-state index contributed by atoms with van der Waals surface area (Å²) in [5.41, 5.74) is -0.352. The largest absolute Gasteiger partial charge is 0.468 e. The Morgan fingerprint density at radius 1 is 1.55 bits per heavy atom. The summed E-state index contributed by atoms with van der Waals surface area (Å²) in [7, 11) is 1.42. The highest BCUT2D eigenvalue weighted by molar-refractivity contribution is 5.78. The summed E-state index contributed by atoms with van der Waals surface area (Å²) in [4.78, 5) is 11.3. The van der Waals surface area contributed by atoms with E-state index in [1.165, 1.54) is 7.11 Å². The molecule has 1 fully saturated rings. The molecule has 0 amide bonds. The van der Waals surface area contributed by atoms with E-state index in [1.807, 2.05) is 13.8 Å². The molecule has 0 radical (unpaired) electrons. The van der Waals surface area contributed by atoms with Crippen molar-refractivity contribution in [3.8, 4) is 0 Å². The Bertz CT molecular complexity index is 159. The van der Waals surface area contributed by atoms with Gasteiger partial charge in [0.05, 0.1) is 20.3 Å². The van der Waals surface area contributed by atoms with E-state index in [9.17, 15) is 4.79 Å². The van der Waals surface area contributed by atoms with E-state index in [0.717, 1.165) is 0 Å². The van der Waals surface area contributed by atoms with Crippen LogP contribution in [0.5, 0.6) is 0 Å². The fourth-order valence-corrected chi connectivity index (χ4v) is 1.21. The number of esters is 1. The minimum absolute atomic E-state index is 0.140. The van der Waals surface area contributed by atoms with Crippen molar-refractivity contribution in [3.63, 3.8) is 0 Å². The Morgan fingerprint density at radius 2 is 2.09 bits per heavy atom. The van der Waals surface area contributed by atoms with Gasteiger partial charge in [-0.25, -0.2) is 0 Å². The van der Waals surface area contributed by atoms with Gasteiger partial charge in [-0.2, -0.15) is 0 Å². The first-order valence-corrected chi connectivity index (χ1v) is 3.79. The highest BCUT2D eigenvalue weighted by Crippen LogP contribution is 2.36. The van der Waals surface area contributed by atoms with E-state index in [4.69, 9.17) is 9.47 Å². The van der Waals surface area contributed by atoms with Crippen molar-refractivity contribution in [1.29, 1.82) is 0 Å². The molecule has 0 bridgehead atoms. The summed E-state index contributed by atoms with van der Waals surface area (Å²) in [5, 5.41) is 0. The Labute approximate surface area is 66.7 Å². The SMILES string of the molecule is COC(=O)C1(C(C)C)COC1. The quantitative estimate of drug-likeness (QED) is 0.558. The molecule has 0 atom stereocenters. The molecule has 0 aromatic carbocycles. The van der Waals surface area contributed by atoms with Gasteiger partial charge in [0, 0.05) is 0 Å². The lowest BCUT2D eigenvalue weighted by Crippen LogP contribution is -2.53. The molecule has 1 rings (SSSR count). The van der Waals surface area contributed by atoms with Gasteiger partial charge in [0.2, 0.25) is 0 Å². The lowest BCUT2D eigenvalue weighted by molar-refractivity contribution is -0.192. The number of carbonyl (C=O) groups excluding carboxylic acids is 1. The average molecular weight is 158 g/mol. The lowest BCUT2D eigenvalue weighted by Gasteiger charge is -2.41. The third-order valence-corrected chi connectivity index (χ3v) is 2.42. The number of carbonyl (C=O) groups is 1. The number of rotatable bonds is 2. The van der Waals surface area contributed by atoms with E-state index >= 15 is 0 Å². The van der Waals surface area contributed by atoms with Gasteiger partial charge in [0.1, 0.15) is 5.41 Å². The summed E-state index contributed by atoms with van der Waals surface area (Å²) < 4.78 is 9.72. The van der Waals surface area contributed by atoms with Crippen molar-refractivity contribution in [1.82, 2.24) is 0 Å². The first-order valence-electron chi connectivity index (χ1n) is 3.79. The number of hydrogen-bond donors (Lipinski definition) is 0. The maximum atomic E-state index is 11.3. The van der Waals surface area contributed by atoms with E-state index in [2.05, 4.69) is 0 Å². The second kappa shape index (κ2) is 2.81. The molecule has 0 unspecified atom stereocenters. The first-order chi connectivity index (χ1) is 5.13. The molecule has 0 saturated carbocycles. The molecule has 64 valence electrons. The van der Waals surface area contributed by atoms with Gasteiger partial charge in [-0.1, -0.05) is 13.8 Å². The van der Waals surface area contributed by atoms with Crippen LogP contribution in [0.4, 0.5) is 0 Å². The monoisotopic (exact) mass is 158 g/mol. The highest BCUT2D eigenvalue weighted by atomic mass is 16.5. The molecule has 1 aliphatic heterocycles. The molecular weight excluding hydrogens is 144 g/mol. The first kappa shape index (κ1) is 8.53. The predicted molar refractivity (Wildman–Crippen MR) is 40.1 cm³/mol. The van der Waals surface area contributed by atoms with Crippen LogP contribution < -0.4 is 0 Å². The smallest absolute Gasteiger partial charge is 0.316 e. The molecule has 3 heteroatoms. The third-order valence-electron chi connectivity index (χ3n) is 2.42. The second-order valence-electron chi connectivity index (χ2n) is 3.30.